The van der Waals surface area contributed by atoms with Crippen LogP contribution in [0.4, 0.5) is 0 Å². The highest BCUT2D eigenvalue weighted by atomic mass is 16.3. The van der Waals surface area contributed by atoms with Crippen molar-refractivity contribution in [1.29, 1.82) is 5.26 Å². The summed E-state index contributed by atoms with van der Waals surface area (Å²) in [5.74, 6) is 1.85. The molecule has 2 heterocycles. The first-order valence-corrected chi connectivity index (χ1v) is 8.62. The predicted octanol–water partition coefficient (Wildman–Crippen LogP) is 2.30. The van der Waals surface area contributed by atoms with Gasteiger partial charge in [0.1, 0.15) is 17.7 Å². The molecule has 1 aliphatic heterocycles. The molecule has 2 aromatic rings. The summed E-state index contributed by atoms with van der Waals surface area (Å²) >= 11 is 0. The molecule has 126 valence electrons. The zero-order valence-electron chi connectivity index (χ0n) is 14.5. The lowest BCUT2D eigenvalue weighted by Crippen LogP contribution is -3.17. The van der Waals surface area contributed by atoms with Crippen molar-refractivity contribution in [3.05, 3.63) is 35.8 Å². The monoisotopic (exact) mass is 325 g/mol. The van der Waals surface area contributed by atoms with Gasteiger partial charge in [-0.2, -0.15) is 5.26 Å². The normalized spacial score (nSPS) is 26.7. The van der Waals surface area contributed by atoms with Gasteiger partial charge < -0.3 is 15.0 Å². The van der Waals surface area contributed by atoms with Crippen LogP contribution in [0.15, 0.2) is 30.0 Å². The Kier molecular flexibility index (Phi) is 4.59. The molecule has 1 fully saturated rings. The summed E-state index contributed by atoms with van der Waals surface area (Å²) in [4.78, 5) is 8.94. The Morgan fingerprint density at radius 3 is 2.62 bits per heavy atom. The van der Waals surface area contributed by atoms with Gasteiger partial charge in [-0.25, -0.2) is 4.98 Å². The molecular weight excluding hydrogens is 300 g/mol. The number of allylic oxidation sites excluding steroid dienone is 1. The number of aromatic nitrogens is 2. The lowest BCUT2D eigenvalue weighted by Gasteiger charge is -2.35. The minimum absolute atomic E-state index is 0.113. The van der Waals surface area contributed by atoms with Crippen molar-refractivity contribution in [2.45, 2.75) is 33.2 Å². The van der Waals surface area contributed by atoms with Gasteiger partial charge in [0.15, 0.2) is 11.6 Å². The van der Waals surface area contributed by atoms with Crippen molar-refractivity contribution in [3.8, 4) is 6.07 Å². The zero-order valence-corrected chi connectivity index (χ0v) is 14.5. The maximum absolute atomic E-state index is 10.8. The fourth-order valence-electron chi connectivity index (χ4n) is 3.90. The average Bonchev–Trinajstić information content (AvgIpc) is 2.97. The van der Waals surface area contributed by atoms with Gasteiger partial charge in [0, 0.05) is 11.8 Å². The average molecular weight is 325 g/mol. The standard InChI is InChI=1S/C19H24N4O/c1-12-8-13(2)11-23(10-12)14(3)18(24)15(9-20)19-21-16-6-4-5-7-17(16)22-19/h4-7,12-14,24H,8,10-11H2,1-3H3,(H,21,22)/p+1/b18-15-/t12-,13-,14-/m0/s1. The molecule has 3 rings (SSSR count). The molecule has 0 bridgehead atoms. The Hall–Kier alpha value is -2.32. The van der Waals surface area contributed by atoms with Gasteiger partial charge in [-0.05, 0) is 25.5 Å². The van der Waals surface area contributed by atoms with Crippen molar-refractivity contribution in [2.75, 3.05) is 13.1 Å². The lowest BCUT2D eigenvalue weighted by molar-refractivity contribution is -0.931. The number of benzene rings is 1. The lowest BCUT2D eigenvalue weighted by atomic mass is 9.90. The molecular formula is C19H25N4O+. The van der Waals surface area contributed by atoms with Gasteiger partial charge in [-0.15, -0.1) is 0 Å². The quantitative estimate of drug-likeness (QED) is 0.598. The second-order valence-electron chi connectivity index (χ2n) is 7.21. The van der Waals surface area contributed by atoms with E-state index in [0.717, 1.165) is 24.1 Å². The highest BCUT2D eigenvalue weighted by molar-refractivity contribution is 5.82. The van der Waals surface area contributed by atoms with Crippen LogP contribution < -0.4 is 4.90 Å². The first-order chi connectivity index (χ1) is 11.5. The van der Waals surface area contributed by atoms with Crippen molar-refractivity contribution in [1.82, 2.24) is 9.97 Å². The fraction of sp³-hybridized carbons (Fsp3) is 0.474. The molecule has 0 unspecified atom stereocenters. The number of nitriles is 1. The summed E-state index contributed by atoms with van der Waals surface area (Å²) in [6, 6.07) is 9.67. The molecule has 24 heavy (non-hydrogen) atoms. The Balaban J connectivity index is 1.93. The number of H-pyrrole nitrogens is 1. The number of nitrogens with one attached hydrogen (secondary N) is 2. The first kappa shape index (κ1) is 16.5. The van der Waals surface area contributed by atoms with E-state index in [1.165, 1.54) is 11.3 Å². The second kappa shape index (κ2) is 6.66. The van der Waals surface area contributed by atoms with Crippen LogP contribution in [0.2, 0.25) is 0 Å². The molecule has 3 atom stereocenters. The number of para-hydroxylation sites is 2. The molecule has 1 aromatic heterocycles. The van der Waals surface area contributed by atoms with E-state index in [1.807, 2.05) is 31.2 Å². The van der Waals surface area contributed by atoms with Crippen molar-refractivity contribution < 1.29 is 10.0 Å². The summed E-state index contributed by atoms with van der Waals surface area (Å²) in [7, 11) is 0. The van der Waals surface area contributed by atoms with Gasteiger partial charge >= 0.3 is 0 Å². The second-order valence-corrected chi connectivity index (χ2v) is 7.21. The van der Waals surface area contributed by atoms with Gasteiger partial charge in [0.25, 0.3) is 0 Å². The molecule has 0 saturated carbocycles. The summed E-state index contributed by atoms with van der Waals surface area (Å²) < 4.78 is 0. The Labute approximate surface area is 142 Å². The first-order valence-electron chi connectivity index (χ1n) is 8.62. The molecule has 0 spiro atoms. The number of rotatable bonds is 3. The van der Waals surface area contributed by atoms with Crippen LogP contribution in [0.25, 0.3) is 16.6 Å². The van der Waals surface area contributed by atoms with Gasteiger partial charge in [-0.3, -0.25) is 0 Å². The molecule has 1 aromatic carbocycles. The Morgan fingerprint density at radius 2 is 2.00 bits per heavy atom. The SMILES string of the molecule is C[C@H]1C[C@H](C)C[NH+]([C@@H](C)/C(O)=C(\C#N)c2nc3ccccc3[nH]2)C1. The molecule has 1 saturated heterocycles. The third-order valence-corrected chi connectivity index (χ3v) is 5.04. The number of piperidine rings is 1. The summed E-state index contributed by atoms with van der Waals surface area (Å²) in [6.45, 7) is 8.55. The van der Waals surface area contributed by atoms with Crippen LogP contribution in [-0.2, 0) is 0 Å². The van der Waals surface area contributed by atoms with E-state index in [1.54, 1.807) is 0 Å². The maximum Gasteiger partial charge on any atom is 0.172 e. The van der Waals surface area contributed by atoms with Crippen molar-refractivity contribution in [3.63, 3.8) is 0 Å². The summed E-state index contributed by atoms with van der Waals surface area (Å²) in [5.41, 5.74) is 1.92. The van der Waals surface area contributed by atoms with Gasteiger partial charge in [0.2, 0.25) is 0 Å². The molecule has 5 nitrogen and oxygen atoms in total. The van der Waals surface area contributed by atoms with Crippen LogP contribution in [0.5, 0.6) is 0 Å². The zero-order chi connectivity index (χ0) is 17.3. The number of imidazole rings is 1. The molecule has 5 heteroatoms. The smallest absolute Gasteiger partial charge is 0.172 e. The van der Waals surface area contributed by atoms with Crippen molar-refractivity contribution >= 4 is 16.6 Å². The number of aromatic amines is 1. The van der Waals surface area contributed by atoms with Crippen LogP contribution in [-0.4, -0.2) is 34.2 Å². The number of aliphatic hydroxyl groups is 1. The van der Waals surface area contributed by atoms with E-state index >= 15 is 0 Å². The van der Waals surface area contributed by atoms with Crippen LogP contribution in [0.3, 0.4) is 0 Å². The minimum Gasteiger partial charge on any atom is -0.505 e. The molecule has 1 aliphatic rings. The topological polar surface area (TPSA) is 77.1 Å². The van der Waals surface area contributed by atoms with E-state index in [0.29, 0.717) is 17.7 Å². The summed E-state index contributed by atoms with van der Waals surface area (Å²) in [6.07, 6.45) is 1.23. The van der Waals surface area contributed by atoms with Gasteiger partial charge in [0.05, 0.1) is 24.1 Å². The third-order valence-electron chi connectivity index (χ3n) is 5.04. The van der Waals surface area contributed by atoms with Crippen LogP contribution in [0, 0.1) is 23.2 Å². The van der Waals surface area contributed by atoms with E-state index in [9.17, 15) is 10.4 Å². The molecule has 0 aliphatic carbocycles. The Morgan fingerprint density at radius 1 is 1.33 bits per heavy atom. The number of aliphatic hydroxyl groups excluding tert-OH is 1. The Bertz CT molecular complexity index is 758. The van der Waals surface area contributed by atoms with E-state index in [2.05, 4.69) is 29.9 Å². The highest BCUT2D eigenvalue weighted by Gasteiger charge is 2.32. The van der Waals surface area contributed by atoms with E-state index < -0.39 is 0 Å². The van der Waals surface area contributed by atoms with E-state index in [-0.39, 0.29) is 17.4 Å². The molecule has 0 radical (unpaired) electrons. The largest absolute Gasteiger partial charge is 0.505 e. The third kappa shape index (κ3) is 3.15. The van der Waals surface area contributed by atoms with E-state index in [4.69, 9.17) is 0 Å². The number of hydrogen-bond donors (Lipinski definition) is 3. The van der Waals surface area contributed by atoms with Gasteiger partial charge in [-0.1, -0.05) is 26.0 Å². The molecule has 3 N–H and O–H groups in total. The number of nitrogens with zero attached hydrogens (tertiary/aromatic N) is 2. The fourth-order valence-corrected chi connectivity index (χ4v) is 3.90. The minimum atomic E-state index is -0.113. The molecule has 0 amide bonds. The highest BCUT2D eigenvalue weighted by Crippen LogP contribution is 2.20. The van der Waals surface area contributed by atoms with Crippen LogP contribution >= 0.6 is 0 Å². The maximum atomic E-state index is 10.8. The number of quaternary nitrogens is 1. The number of likely N-dealkylation sites (tertiary alicyclic amines) is 1. The van der Waals surface area contributed by atoms with Crippen molar-refractivity contribution in [2.24, 2.45) is 11.8 Å². The summed E-state index contributed by atoms with van der Waals surface area (Å²) in [5, 5.41) is 20.3. The number of hydrogen-bond acceptors (Lipinski definition) is 3. The number of fused-ring (bicyclic) bond motifs is 1. The van der Waals surface area contributed by atoms with Crippen LogP contribution in [0.1, 0.15) is 33.0 Å². The predicted molar refractivity (Wildman–Crippen MR) is 94.4 cm³/mol.